The number of nitrogens with zero attached hydrogens (tertiary/aromatic N) is 2. The van der Waals surface area contributed by atoms with Gasteiger partial charge in [0.25, 0.3) is 0 Å². The Hall–Kier alpha value is -1.04. The van der Waals surface area contributed by atoms with Gasteiger partial charge in [-0.3, -0.25) is 4.90 Å². The number of H-pyrrole nitrogens is 1. The Labute approximate surface area is 85.3 Å². The van der Waals surface area contributed by atoms with Gasteiger partial charge < -0.3 is 4.98 Å². The first-order valence-electron chi connectivity index (χ1n) is 4.86. The Bertz CT molecular complexity index is 307. The fourth-order valence-corrected chi connectivity index (χ4v) is 2.02. The second kappa shape index (κ2) is 3.84. The van der Waals surface area contributed by atoms with Crippen molar-refractivity contribution in [2.45, 2.75) is 25.1 Å². The lowest BCUT2D eigenvalue weighted by molar-refractivity contribution is -0.148. The van der Waals surface area contributed by atoms with Crippen LogP contribution < -0.4 is 0 Å². The van der Waals surface area contributed by atoms with Crippen LogP contribution in [0.2, 0.25) is 0 Å². The summed E-state index contributed by atoms with van der Waals surface area (Å²) in [4.78, 5) is 8.32. The summed E-state index contributed by atoms with van der Waals surface area (Å²) in [5.41, 5.74) is 0. The molecule has 2 rings (SSSR count). The maximum absolute atomic E-state index is 12.3. The van der Waals surface area contributed by atoms with Crippen molar-refractivity contribution in [1.82, 2.24) is 14.9 Å². The molecule has 3 nitrogen and oxygen atoms in total. The Kier molecular flexibility index (Phi) is 2.68. The van der Waals surface area contributed by atoms with E-state index in [0.29, 0.717) is 12.4 Å². The fraction of sp³-hybridized carbons (Fsp3) is 0.667. The van der Waals surface area contributed by atoms with E-state index >= 15 is 0 Å². The monoisotopic (exact) mass is 219 g/mol. The standard InChI is InChI=1S/C9H12F3N3/c10-9(11,12)6-15-5-1-2-7(15)8-13-3-4-14-8/h3-4,7H,1-2,5-6H2,(H,13,14). The molecular weight excluding hydrogens is 207 g/mol. The number of hydrogen-bond donors (Lipinski definition) is 1. The lowest BCUT2D eigenvalue weighted by Crippen LogP contribution is -2.34. The van der Waals surface area contributed by atoms with Crippen LogP contribution in [0.25, 0.3) is 0 Å². The Morgan fingerprint density at radius 2 is 2.33 bits per heavy atom. The molecule has 0 radical (unpaired) electrons. The molecule has 0 amide bonds. The number of alkyl halides is 3. The highest BCUT2D eigenvalue weighted by molar-refractivity contribution is 4.99. The van der Waals surface area contributed by atoms with Gasteiger partial charge in [-0.15, -0.1) is 0 Å². The first-order chi connectivity index (χ1) is 7.06. The molecule has 1 atom stereocenters. The van der Waals surface area contributed by atoms with Gasteiger partial charge in [0.1, 0.15) is 5.82 Å². The molecule has 6 heteroatoms. The van der Waals surface area contributed by atoms with Gasteiger partial charge in [0.15, 0.2) is 0 Å². The first-order valence-corrected chi connectivity index (χ1v) is 4.86. The summed E-state index contributed by atoms with van der Waals surface area (Å²) in [5.74, 6) is 0.636. The van der Waals surface area contributed by atoms with Crippen molar-refractivity contribution in [2.75, 3.05) is 13.1 Å². The third-order valence-electron chi connectivity index (χ3n) is 2.58. The molecule has 84 valence electrons. The van der Waals surface area contributed by atoms with Gasteiger partial charge in [-0.05, 0) is 19.4 Å². The minimum atomic E-state index is -4.13. The quantitative estimate of drug-likeness (QED) is 0.826. The molecule has 1 fully saturated rings. The van der Waals surface area contributed by atoms with Gasteiger partial charge in [0, 0.05) is 12.4 Å². The molecule has 1 aliphatic rings. The van der Waals surface area contributed by atoms with Crippen LogP contribution in [0.5, 0.6) is 0 Å². The molecular formula is C9H12F3N3. The molecule has 1 aromatic rings. The van der Waals surface area contributed by atoms with Gasteiger partial charge in [0.05, 0.1) is 12.6 Å². The zero-order valence-corrected chi connectivity index (χ0v) is 8.09. The van der Waals surface area contributed by atoms with E-state index in [0.717, 1.165) is 12.8 Å². The van der Waals surface area contributed by atoms with Gasteiger partial charge >= 0.3 is 6.18 Å². The van der Waals surface area contributed by atoms with Gasteiger partial charge in [-0.1, -0.05) is 0 Å². The summed E-state index contributed by atoms with van der Waals surface area (Å²) >= 11 is 0. The minimum Gasteiger partial charge on any atom is -0.347 e. The molecule has 15 heavy (non-hydrogen) atoms. The molecule has 0 aliphatic carbocycles. The topological polar surface area (TPSA) is 31.9 Å². The summed E-state index contributed by atoms with van der Waals surface area (Å²) in [6.07, 6.45) is 0.610. The third-order valence-corrected chi connectivity index (χ3v) is 2.58. The molecule has 0 spiro atoms. The van der Waals surface area contributed by atoms with Crippen LogP contribution in [0.4, 0.5) is 13.2 Å². The number of aromatic amines is 1. The smallest absolute Gasteiger partial charge is 0.347 e. The maximum atomic E-state index is 12.3. The summed E-state index contributed by atoms with van der Waals surface area (Å²) in [6.45, 7) is -0.358. The van der Waals surface area contributed by atoms with Crippen LogP contribution in [0, 0.1) is 0 Å². The highest BCUT2D eigenvalue weighted by Crippen LogP contribution is 2.32. The predicted octanol–water partition coefficient (Wildman–Crippen LogP) is 2.11. The van der Waals surface area contributed by atoms with Gasteiger partial charge in [-0.25, -0.2) is 4.98 Å². The SMILES string of the molecule is FC(F)(F)CN1CCCC1c1ncc[nH]1. The van der Waals surface area contributed by atoms with E-state index in [4.69, 9.17) is 0 Å². The van der Waals surface area contributed by atoms with Gasteiger partial charge in [-0.2, -0.15) is 13.2 Å². The third kappa shape index (κ3) is 2.50. The zero-order valence-electron chi connectivity index (χ0n) is 8.09. The van der Waals surface area contributed by atoms with Crippen molar-refractivity contribution < 1.29 is 13.2 Å². The summed E-state index contributed by atoms with van der Waals surface area (Å²) in [5, 5.41) is 0. The number of aromatic nitrogens is 2. The van der Waals surface area contributed by atoms with Crippen molar-refractivity contribution in [3.8, 4) is 0 Å². The molecule has 1 saturated heterocycles. The molecule has 2 heterocycles. The highest BCUT2D eigenvalue weighted by atomic mass is 19.4. The summed E-state index contributed by atoms with van der Waals surface area (Å²) in [7, 11) is 0. The molecule has 1 aliphatic heterocycles. The Morgan fingerprint density at radius 3 is 2.93 bits per heavy atom. The number of nitrogens with one attached hydrogen (secondary N) is 1. The van der Waals surface area contributed by atoms with Crippen molar-refractivity contribution >= 4 is 0 Å². The number of rotatable bonds is 2. The van der Waals surface area contributed by atoms with Crippen LogP contribution in [-0.2, 0) is 0 Å². The largest absolute Gasteiger partial charge is 0.401 e. The fourth-order valence-electron chi connectivity index (χ4n) is 2.02. The first kappa shape index (κ1) is 10.5. The minimum absolute atomic E-state index is 0.207. The molecule has 1 unspecified atom stereocenters. The van der Waals surface area contributed by atoms with E-state index in [1.165, 1.54) is 4.90 Å². The Morgan fingerprint density at radius 1 is 1.53 bits per heavy atom. The van der Waals surface area contributed by atoms with E-state index in [2.05, 4.69) is 9.97 Å². The predicted molar refractivity (Wildman–Crippen MR) is 48.2 cm³/mol. The van der Waals surface area contributed by atoms with E-state index in [9.17, 15) is 13.2 Å². The average molecular weight is 219 g/mol. The lowest BCUT2D eigenvalue weighted by Gasteiger charge is -2.23. The maximum Gasteiger partial charge on any atom is 0.401 e. The van der Waals surface area contributed by atoms with E-state index in [1.54, 1.807) is 12.4 Å². The zero-order chi connectivity index (χ0) is 10.9. The van der Waals surface area contributed by atoms with E-state index in [1.807, 2.05) is 0 Å². The Balaban J connectivity index is 2.06. The second-order valence-corrected chi connectivity index (χ2v) is 3.72. The number of imidazole rings is 1. The number of hydrogen-bond acceptors (Lipinski definition) is 2. The summed E-state index contributed by atoms with van der Waals surface area (Å²) < 4.78 is 36.8. The van der Waals surface area contributed by atoms with E-state index in [-0.39, 0.29) is 6.04 Å². The van der Waals surface area contributed by atoms with Crippen molar-refractivity contribution in [3.05, 3.63) is 18.2 Å². The highest BCUT2D eigenvalue weighted by Gasteiger charge is 2.37. The molecule has 0 saturated carbocycles. The van der Waals surface area contributed by atoms with Crippen LogP contribution in [0.15, 0.2) is 12.4 Å². The van der Waals surface area contributed by atoms with Crippen LogP contribution in [0.1, 0.15) is 24.7 Å². The van der Waals surface area contributed by atoms with Crippen LogP contribution >= 0.6 is 0 Å². The van der Waals surface area contributed by atoms with Crippen LogP contribution in [-0.4, -0.2) is 34.1 Å². The number of likely N-dealkylation sites (tertiary alicyclic amines) is 1. The van der Waals surface area contributed by atoms with Crippen molar-refractivity contribution in [1.29, 1.82) is 0 Å². The van der Waals surface area contributed by atoms with Crippen molar-refractivity contribution in [3.63, 3.8) is 0 Å². The molecule has 1 aromatic heterocycles. The molecule has 1 N–H and O–H groups in total. The second-order valence-electron chi connectivity index (χ2n) is 3.72. The van der Waals surface area contributed by atoms with E-state index < -0.39 is 12.7 Å². The van der Waals surface area contributed by atoms with Gasteiger partial charge in [0.2, 0.25) is 0 Å². The average Bonchev–Trinajstić information content (AvgIpc) is 2.68. The molecule has 0 aromatic carbocycles. The molecule has 0 bridgehead atoms. The normalized spacial score (nSPS) is 23.5. The summed E-state index contributed by atoms with van der Waals surface area (Å²) in [6, 6.07) is -0.207. The number of halogens is 3. The van der Waals surface area contributed by atoms with Crippen LogP contribution in [0.3, 0.4) is 0 Å². The van der Waals surface area contributed by atoms with Crippen molar-refractivity contribution in [2.24, 2.45) is 0 Å². The lowest BCUT2D eigenvalue weighted by atomic mass is 10.2.